The zero-order valence-corrected chi connectivity index (χ0v) is 9.45. The number of rotatable bonds is 3. The van der Waals surface area contributed by atoms with Crippen LogP contribution < -0.4 is 10.1 Å². The van der Waals surface area contributed by atoms with Crippen LogP contribution in [0.1, 0.15) is 6.92 Å². The van der Waals surface area contributed by atoms with Crippen LogP contribution in [0.3, 0.4) is 0 Å². The molecule has 0 aliphatic heterocycles. The smallest absolute Gasteiger partial charge is 0.396 e. The molecule has 0 aliphatic rings. The number of amides is 1. The molecule has 1 amide bonds. The number of nitrogens with one attached hydrogen (secondary N) is 1. The molecule has 0 spiro atoms. The Bertz CT molecular complexity index is 433. The maximum Gasteiger partial charge on any atom is 0.396 e. The molecule has 0 aliphatic carbocycles. The molecule has 6 heteroatoms. The molecule has 1 rings (SSSR count). The normalized spacial score (nSPS) is 9.59. The number of ether oxygens (including phenoxy) is 2. The number of carbonyl (C=O) groups excluding carboxylic acids is 2. The first-order chi connectivity index (χ1) is 8.08. The maximum absolute atomic E-state index is 13.4. The van der Waals surface area contributed by atoms with Crippen LogP contribution in [0.5, 0.6) is 5.75 Å². The summed E-state index contributed by atoms with van der Waals surface area (Å²) in [5.41, 5.74) is 0.154. The summed E-state index contributed by atoms with van der Waals surface area (Å²) >= 11 is 0. The lowest BCUT2D eigenvalue weighted by atomic mass is 10.3. The minimum absolute atomic E-state index is 0.0866. The van der Waals surface area contributed by atoms with Gasteiger partial charge in [0.05, 0.1) is 13.7 Å². The van der Waals surface area contributed by atoms with Crippen molar-refractivity contribution in [2.45, 2.75) is 6.92 Å². The Morgan fingerprint density at radius 2 is 2.12 bits per heavy atom. The summed E-state index contributed by atoms with van der Waals surface area (Å²) in [5.74, 6) is -2.53. The zero-order chi connectivity index (χ0) is 12.8. The molecule has 0 atom stereocenters. The van der Waals surface area contributed by atoms with Gasteiger partial charge in [0.25, 0.3) is 0 Å². The first-order valence-electron chi connectivity index (χ1n) is 4.90. The van der Waals surface area contributed by atoms with E-state index in [0.29, 0.717) is 6.61 Å². The minimum atomic E-state index is -1.04. The Labute approximate surface area is 97.5 Å². The number of hydrogen-bond donors (Lipinski definition) is 1. The van der Waals surface area contributed by atoms with E-state index in [0.717, 1.165) is 13.2 Å². The predicted octanol–water partition coefficient (Wildman–Crippen LogP) is 1.34. The fourth-order valence-electron chi connectivity index (χ4n) is 1.13. The summed E-state index contributed by atoms with van der Waals surface area (Å²) in [6, 6.07) is 3.85. The van der Waals surface area contributed by atoms with E-state index >= 15 is 0 Å². The van der Waals surface area contributed by atoms with Crippen LogP contribution in [0, 0.1) is 5.82 Å². The second kappa shape index (κ2) is 5.83. The Morgan fingerprint density at radius 1 is 1.41 bits per heavy atom. The zero-order valence-electron chi connectivity index (χ0n) is 9.45. The molecule has 0 fully saturated rings. The van der Waals surface area contributed by atoms with Gasteiger partial charge in [-0.1, -0.05) is 0 Å². The summed E-state index contributed by atoms with van der Waals surface area (Å²) in [4.78, 5) is 21.9. The molecule has 1 N–H and O–H groups in total. The number of hydrogen-bond acceptors (Lipinski definition) is 4. The molecule has 1 aromatic carbocycles. The van der Waals surface area contributed by atoms with Gasteiger partial charge in [-0.05, 0) is 19.1 Å². The van der Waals surface area contributed by atoms with Gasteiger partial charge in [0.2, 0.25) is 0 Å². The van der Waals surface area contributed by atoms with Gasteiger partial charge in [0.15, 0.2) is 11.6 Å². The summed E-state index contributed by atoms with van der Waals surface area (Å²) in [5, 5.41) is 2.19. The second-order valence-electron chi connectivity index (χ2n) is 3.02. The van der Waals surface area contributed by atoms with Crippen molar-refractivity contribution in [1.29, 1.82) is 0 Å². The lowest BCUT2D eigenvalue weighted by molar-refractivity contribution is -0.150. The molecular weight excluding hydrogens is 229 g/mol. The Morgan fingerprint density at radius 3 is 2.65 bits per heavy atom. The van der Waals surface area contributed by atoms with E-state index in [4.69, 9.17) is 4.74 Å². The number of halogens is 1. The number of methoxy groups -OCH3 is 1. The van der Waals surface area contributed by atoms with Gasteiger partial charge in [-0.25, -0.2) is 9.18 Å². The molecule has 1 aromatic rings. The SMILES string of the molecule is CCOc1ccc(NC(=O)C(=O)OC)cc1F. The highest BCUT2D eigenvalue weighted by Crippen LogP contribution is 2.21. The maximum atomic E-state index is 13.4. The third-order valence-corrected chi connectivity index (χ3v) is 1.86. The van der Waals surface area contributed by atoms with Crippen LogP contribution in [-0.4, -0.2) is 25.6 Å². The van der Waals surface area contributed by atoms with E-state index in [1.165, 1.54) is 12.1 Å². The quantitative estimate of drug-likeness (QED) is 0.640. The van der Waals surface area contributed by atoms with Crippen molar-refractivity contribution >= 4 is 17.6 Å². The first kappa shape index (κ1) is 13.0. The number of benzene rings is 1. The van der Waals surface area contributed by atoms with Gasteiger partial charge in [0.1, 0.15) is 0 Å². The number of carbonyl (C=O) groups is 2. The summed E-state index contributed by atoms with van der Waals surface area (Å²) in [6.45, 7) is 2.07. The van der Waals surface area contributed by atoms with E-state index < -0.39 is 17.7 Å². The fraction of sp³-hybridized carbons (Fsp3) is 0.273. The molecule has 0 saturated heterocycles. The van der Waals surface area contributed by atoms with E-state index in [2.05, 4.69) is 10.1 Å². The van der Waals surface area contributed by atoms with Crippen molar-refractivity contribution in [3.63, 3.8) is 0 Å². The first-order valence-corrected chi connectivity index (χ1v) is 4.90. The number of esters is 1. The van der Waals surface area contributed by atoms with Crippen LogP contribution in [0.15, 0.2) is 18.2 Å². The van der Waals surface area contributed by atoms with Crippen molar-refractivity contribution in [2.75, 3.05) is 19.0 Å². The summed E-state index contributed by atoms with van der Waals surface area (Å²) < 4.78 is 22.6. The van der Waals surface area contributed by atoms with Gasteiger partial charge in [-0.2, -0.15) is 0 Å². The Hall–Kier alpha value is -2.11. The molecule has 0 bridgehead atoms. The molecule has 0 unspecified atom stereocenters. The Balaban J connectivity index is 2.77. The molecule has 0 heterocycles. The minimum Gasteiger partial charge on any atom is -0.491 e. The van der Waals surface area contributed by atoms with E-state index in [1.807, 2.05) is 0 Å². The topological polar surface area (TPSA) is 64.6 Å². The highest BCUT2D eigenvalue weighted by atomic mass is 19.1. The van der Waals surface area contributed by atoms with E-state index in [1.54, 1.807) is 6.92 Å². The average Bonchev–Trinajstić information content (AvgIpc) is 2.31. The van der Waals surface area contributed by atoms with Crippen LogP contribution >= 0.6 is 0 Å². The monoisotopic (exact) mass is 241 g/mol. The molecule has 0 saturated carbocycles. The van der Waals surface area contributed by atoms with E-state index in [-0.39, 0.29) is 11.4 Å². The van der Waals surface area contributed by atoms with Gasteiger partial charge < -0.3 is 14.8 Å². The van der Waals surface area contributed by atoms with Crippen molar-refractivity contribution in [2.24, 2.45) is 0 Å². The second-order valence-corrected chi connectivity index (χ2v) is 3.02. The molecular formula is C11H12FNO4. The van der Waals surface area contributed by atoms with Crippen LogP contribution in [0.25, 0.3) is 0 Å². The predicted molar refractivity (Wildman–Crippen MR) is 58.2 cm³/mol. The Kier molecular flexibility index (Phi) is 4.45. The highest BCUT2D eigenvalue weighted by Gasteiger charge is 2.14. The lowest BCUT2D eigenvalue weighted by Crippen LogP contribution is -2.23. The van der Waals surface area contributed by atoms with Gasteiger partial charge >= 0.3 is 11.9 Å². The van der Waals surface area contributed by atoms with Crippen LogP contribution in [0.2, 0.25) is 0 Å². The summed E-state index contributed by atoms with van der Waals surface area (Å²) in [6.07, 6.45) is 0. The van der Waals surface area contributed by atoms with E-state index in [9.17, 15) is 14.0 Å². The van der Waals surface area contributed by atoms with Gasteiger partial charge in [-0.15, -0.1) is 0 Å². The third kappa shape index (κ3) is 3.44. The molecule has 0 radical (unpaired) electrons. The van der Waals surface area contributed by atoms with Gasteiger partial charge in [0, 0.05) is 11.8 Å². The fourth-order valence-corrected chi connectivity index (χ4v) is 1.13. The standard InChI is InChI=1S/C11H12FNO4/c1-3-17-9-5-4-7(6-8(9)12)13-10(14)11(15)16-2/h4-6H,3H2,1-2H3,(H,13,14). The van der Waals surface area contributed by atoms with Crippen molar-refractivity contribution in [3.05, 3.63) is 24.0 Å². The van der Waals surface area contributed by atoms with Crippen LogP contribution in [0.4, 0.5) is 10.1 Å². The van der Waals surface area contributed by atoms with Crippen molar-refractivity contribution in [3.8, 4) is 5.75 Å². The third-order valence-electron chi connectivity index (χ3n) is 1.86. The largest absolute Gasteiger partial charge is 0.491 e. The van der Waals surface area contributed by atoms with Crippen molar-refractivity contribution in [1.82, 2.24) is 0 Å². The highest BCUT2D eigenvalue weighted by molar-refractivity contribution is 6.37. The molecule has 92 valence electrons. The molecule has 17 heavy (non-hydrogen) atoms. The molecule has 5 nitrogen and oxygen atoms in total. The average molecular weight is 241 g/mol. The van der Waals surface area contributed by atoms with Crippen molar-refractivity contribution < 1.29 is 23.5 Å². The lowest BCUT2D eigenvalue weighted by Gasteiger charge is -2.07. The molecule has 0 aromatic heterocycles. The number of anilines is 1. The summed E-state index contributed by atoms with van der Waals surface area (Å²) in [7, 11) is 1.08. The van der Waals surface area contributed by atoms with Crippen LogP contribution in [-0.2, 0) is 14.3 Å². The van der Waals surface area contributed by atoms with Gasteiger partial charge in [-0.3, -0.25) is 4.79 Å².